The van der Waals surface area contributed by atoms with Crippen molar-refractivity contribution in [3.05, 3.63) is 35.9 Å². The Balaban J connectivity index is 0.00000363. The number of carbonyl (C=O) groups excluding carboxylic acids is 2. The first-order chi connectivity index (χ1) is 15.1. The fourth-order valence-electron chi connectivity index (χ4n) is 4.94. The molecule has 32 heavy (non-hydrogen) atoms. The Bertz CT molecular complexity index is 648. The first kappa shape index (κ1) is 26.7. The van der Waals surface area contributed by atoms with Crippen LogP contribution in [0.25, 0.3) is 0 Å². The monoisotopic (exact) mass is 465 g/mol. The molecule has 0 bridgehead atoms. The van der Waals surface area contributed by atoms with Crippen molar-refractivity contribution in [3.8, 4) is 0 Å². The lowest BCUT2D eigenvalue weighted by atomic mass is 9.89. The lowest BCUT2D eigenvalue weighted by Gasteiger charge is -2.34. The summed E-state index contributed by atoms with van der Waals surface area (Å²) in [6.45, 7) is 3.08. The maximum atomic E-state index is 12.4. The average Bonchev–Trinajstić information content (AvgIpc) is 2.80. The Morgan fingerprint density at radius 1 is 0.781 bits per heavy atom. The van der Waals surface area contributed by atoms with Gasteiger partial charge in [0.15, 0.2) is 0 Å². The molecule has 0 aliphatic heterocycles. The molecule has 0 N–H and O–H groups in total. The van der Waals surface area contributed by atoms with Gasteiger partial charge in [-0.25, -0.2) is 0 Å². The number of ether oxygens (including phenoxy) is 2. The van der Waals surface area contributed by atoms with Gasteiger partial charge in [-0.2, -0.15) is 0 Å². The summed E-state index contributed by atoms with van der Waals surface area (Å²) in [7, 11) is 2.16. The molecule has 180 valence electrons. The Hall–Kier alpha value is -1.59. The summed E-state index contributed by atoms with van der Waals surface area (Å²) in [6.07, 6.45) is 10.9. The van der Waals surface area contributed by atoms with E-state index in [0.717, 1.165) is 57.9 Å². The number of esters is 2. The summed E-state index contributed by atoms with van der Waals surface area (Å²) in [5.41, 5.74) is 1.24. The molecule has 5 nitrogen and oxygen atoms in total. The van der Waals surface area contributed by atoms with Gasteiger partial charge < -0.3 is 26.4 Å². The van der Waals surface area contributed by atoms with Crippen LogP contribution in [0.1, 0.15) is 69.8 Å². The van der Waals surface area contributed by atoms with Crippen molar-refractivity contribution >= 4 is 11.9 Å². The van der Waals surface area contributed by atoms with E-state index in [-0.39, 0.29) is 36.2 Å². The normalized spacial score (nSPS) is 17.9. The van der Waals surface area contributed by atoms with E-state index in [1.807, 2.05) is 18.2 Å². The molecule has 1 aromatic rings. The zero-order valence-corrected chi connectivity index (χ0v) is 20.4. The van der Waals surface area contributed by atoms with Crippen molar-refractivity contribution in [1.29, 1.82) is 0 Å². The van der Waals surface area contributed by atoms with Crippen molar-refractivity contribution in [2.24, 2.45) is 11.8 Å². The minimum Gasteiger partial charge on any atom is -1.00 e. The quantitative estimate of drug-likeness (QED) is 0.391. The molecule has 0 unspecified atom stereocenters. The lowest BCUT2D eigenvalue weighted by molar-refractivity contribution is -0.922. The van der Waals surface area contributed by atoms with Crippen LogP contribution < -0.4 is 12.4 Å². The zero-order chi connectivity index (χ0) is 21.9. The number of quaternary nitrogens is 1. The molecule has 0 aromatic heterocycles. The van der Waals surface area contributed by atoms with Crippen molar-refractivity contribution in [3.63, 3.8) is 0 Å². The van der Waals surface area contributed by atoms with Crippen LogP contribution in [0.5, 0.6) is 0 Å². The van der Waals surface area contributed by atoms with Gasteiger partial charge in [0.2, 0.25) is 0 Å². The van der Waals surface area contributed by atoms with Crippen LogP contribution in [0.15, 0.2) is 30.3 Å². The third kappa shape index (κ3) is 8.74. The molecule has 1 aromatic carbocycles. The summed E-state index contributed by atoms with van der Waals surface area (Å²) in [5.74, 6) is 0.0977. The molecule has 0 amide bonds. The second-order valence-electron chi connectivity index (χ2n) is 9.72. The number of likely N-dealkylation sites (N-methyl/N-ethyl adjacent to an activating group) is 1. The van der Waals surface area contributed by atoms with Crippen molar-refractivity contribution in [2.75, 3.05) is 33.4 Å². The lowest BCUT2D eigenvalue weighted by Crippen LogP contribution is -3.00. The van der Waals surface area contributed by atoms with Gasteiger partial charge in [-0.3, -0.25) is 9.59 Å². The van der Waals surface area contributed by atoms with Gasteiger partial charge >= 0.3 is 11.9 Å². The van der Waals surface area contributed by atoms with Gasteiger partial charge in [-0.05, 0) is 25.7 Å². The fourth-order valence-corrected chi connectivity index (χ4v) is 4.94. The molecule has 3 rings (SSSR count). The Morgan fingerprint density at radius 3 is 1.66 bits per heavy atom. The minimum atomic E-state index is -0.0327. The van der Waals surface area contributed by atoms with Crippen LogP contribution in [-0.2, 0) is 25.6 Å². The number of carbonyl (C=O) groups is 2. The highest BCUT2D eigenvalue weighted by atomic mass is 35.5. The summed E-state index contributed by atoms with van der Waals surface area (Å²) in [5, 5.41) is 0. The number of nitrogens with zero attached hydrogens (tertiary/aromatic N) is 1. The van der Waals surface area contributed by atoms with E-state index in [4.69, 9.17) is 9.47 Å². The molecule has 2 saturated carbocycles. The summed E-state index contributed by atoms with van der Waals surface area (Å²) in [6, 6.07) is 10.4. The van der Waals surface area contributed by atoms with Gasteiger partial charge in [-0.1, -0.05) is 68.9 Å². The van der Waals surface area contributed by atoms with Gasteiger partial charge in [0, 0.05) is 5.56 Å². The van der Waals surface area contributed by atoms with Crippen molar-refractivity contribution < 1.29 is 36.0 Å². The molecule has 0 atom stereocenters. The third-order valence-corrected chi connectivity index (χ3v) is 7.04. The molecule has 0 saturated heterocycles. The Kier molecular flexibility index (Phi) is 11.5. The zero-order valence-electron chi connectivity index (χ0n) is 19.6. The van der Waals surface area contributed by atoms with E-state index in [1.165, 1.54) is 18.4 Å². The second-order valence-corrected chi connectivity index (χ2v) is 9.72. The third-order valence-electron chi connectivity index (χ3n) is 7.04. The van der Waals surface area contributed by atoms with Crippen LogP contribution in [-0.4, -0.2) is 49.8 Å². The predicted molar refractivity (Wildman–Crippen MR) is 121 cm³/mol. The molecule has 2 aliphatic carbocycles. The maximum Gasteiger partial charge on any atom is 0.309 e. The number of halogens is 1. The largest absolute Gasteiger partial charge is 1.00 e. The molecule has 2 fully saturated rings. The van der Waals surface area contributed by atoms with Crippen LogP contribution in [0.2, 0.25) is 0 Å². The van der Waals surface area contributed by atoms with Gasteiger partial charge in [0.25, 0.3) is 0 Å². The van der Waals surface area contributed by atoms with E-state index in [2.05, 4.69) is 19.2 Å². The highest BCUT2D eigenvalue weighted by molar-refractivity contribution is 5.72. The topological polar surface area (TPSA) is 52.6 Å². The first-order valence-electron chi connectivity index (χ1n) is 12.3. The van der Waals surface area contributed by atoms with E-state index in [0.29, 0.717) is 30.8 Å². The van der Waals surface area contributed by atoms with E-state index >= 15 is 0 Å². The number of hydrogen-bond acceptors (Lipinski definition) is 4. The van der Waals surface area contributed by atoms with Gasteiger partial charge in [0.1, 0.15) is 32.8 Å². The predicted octanol–water partition coefficient (Wildman–Crippen LogP) is 1.88. The SMILES string of the molecule is C[N+](CCOC(=O)C1CCCCC1)(CCOC(=O)C1CCCCC1)Cc1ccccc1.[Cl-]. The molecular weight excluding hydrogens is 426 g/mol. The van der Waals surface area contributed by atoms with E-state index in [1.54, 1.807) is 0 Å². The minimum absolute atomic E-state index is 0. The Labute approximate surface area is 199 Å². The number of benzene rings is 1. The second kappa shape index (κ2) is 13.8. The van der Waals surface area contributed by atoms with Crippen molar-refractivity contribution in [2.45, 2.75) is 70.8 Å². The van der Waals surface area contributed by atoms with Crippen LogP contribution in [0.4, 0.5) is 0 Å². The molecule has 2 aliphatic rings. The average molecular weight is 466 g/mol. The number of rotatable bonds is 10. The van der Waals surface area contributed by atoms with Gasteiger partial charge in [-0.15, -0.1) is 0 Å². The fraction of sp³-hybridized carbons (Fsp3) is 0.692. The van der Waals surface area contributed by atoms with Crippen LogP contribution >= 0.6 is 0 Å². The molecule has 0 heterocycles. The highest BCUT2D eigenvalue weighted by Gasteiger charge is 2.27. The van der Waals surface area contributed by atoms with E-state index < -0.39 is 0 Å². The van der Waals surface area contributed by atoms with Gasteiger partial charge in [0.05, 0.1) is 18.9 Å². The summed E-state index contributed by atoms with van der Waals surface area (Å²) >= 11 is 0. The highest BCUT2D eigenvalue weighted by Crippen LogP contribution is 2.25. The van der Waals surface area contributed by atoms with E-state index in [9.17, 15) is 9.59 Å². The summed E-state index contributed by atoms with van der Waals surface area (Å²) in [4.78, 5) is 24.8. The number of hydrogen-bond donors (Lipinski definition) is 0. The van der Waals surface area contributed by atoms with Crippen LogP contribution in [0.3, 0.4) is 0 Å². The maximum absolute atomic E-state index is 12.4. The Morgan fingerprint density at radius 2 is 1.22 bits per heavy atom. The molecule has 6 heteroatoms. The first-order valence-corrected chi connectivity index (χ1v) is 12.3. The summed E-state index contributed by atoms with van der Waals surface area (Å²) < 4.78 is 12.0. The van der Waals surface area contributed by atoms with Crippen LogP contribution in [0, 0.1) is 11.8 Å². The molecule has 0 radical (unpaired) electrons. The molecular formula is C26H40ClNO4. The smallest absolute Gasteiger partial charge is 0.309 e. The van der Waals surface area contributed by atoms with Crippen molar-refractivity contribution in [1.82, 2.24) is 0 Å². The molecule has 0 spiro atoms. The standard InChI is InChI=1S/C26H40NO4.ClH/c1-27(21-22-11-5-2-6-12-22,17-19-30-25(28)23-13-7-3-8-14-23)18-20-31-26(29)24-15-9-4-10-16-24;/h2,5-6,11-12,23-24H,3-4,7-10,13-21H2,1H3;1H/q+1;/p-1.